The number of hydrogen-bond acceptors (Lipinski definition) is 2. The average molecular weight is 433 g/mol. The Kier molecular flexibility index (Phi) is 5.95. The maximum Gasteiger partial charge on any atom is 0.244 e. The van der Waals surface area contributed by atoms with E-state index in [0.717, 1.165) is 15.6 Å². The van der Waals surface area contributed by atoms with Gasteiger partial charge >= 0.3 is 0 Å². The van der Waals surface area contributed by atoms with Crippen LogP contribution in [0, 0.1) is 11.7 Å². The topological polar surface area (TPSA) is 49.4 Å². The Balaban J connectivity index is 2.18. The van der Waals surface area contributed by atoms with Crippen LogP contribution in [0.15, 0.2) is 46.9 Å². The van der Waals surface area contributed by atoms with Crippen molar-refractivity contribution >= 4 is 33.4 Å². The van der Waals surface area contributed by atoms with Crippen molar-refractivity contribution in [1.82, 2.24) is 4.90 Å². The van der Waals surface area contributed by atoms with Crippen LogP contribution in [0.2, 0.25) is 0 Å². The van der Waals surface area contributed by atoms with Gasteiger partial charge in [-0.15, -0.1) is 0 Å². The van der Waals surface area contributed by atoms with Crippen molar-refractivity contribution in [3.05, 3.63) is 63.9 Å². The zero-order valence-corrected chi connectivity index (χ0v) is 16.9. The van der Waals surface area contributed by atoms with Crippen LogP contribution in [-0.4, -0.2) is 23.3 Å². The molecule has 0 fully saturated rings. The number of anilines is 1. The van der Waals surface area contributed by atoms with E-state index in [9.17, 15) is 14.0 Å². The number of fused-ring (bicyclic) bond motifs is 1. The molecular weight excluding hydrogens is 411 g/mol. The Hall–Kier alpha value is -2.21. The summed E-state index contributed by atoms with van der Waals surface area (Å²) in [5, 5.41) is 2.89. The number of carbonyl (C=O) groups excluding carboxylic acids is 2. The first-order valence-corrected chi connectivity index (χ1v) is 9.89. The van der Waals surface area contributed by atoms with Gasteiger partial charge in [-0.3, -0.25) is 9.59 Å². The second-order valence-electron chi connectivity index (χ2n) is 6.71. The molecule has 0 aliphatic carbocycles. The second-order valence-corrected chi connectivity index (χ2v) is 7.63. The maximum atomic E-state index is 13.5. The van der Waals surface area contributed by atoms with Crippen molar-refractivity contribution in [3.63, 3.8) is 0 Å². The predicted octanol–water partition coefficient (Wildman–Crippen LogP) is 4.89. The summed E-state index contributed by atoms with van der Waals surface area (Å²) in [4.78, 5) is 27.4. The van der Waals surface area contributed by atoms with Gasteiger partial charge in [0.15, 0.2) is 0 Å². The number of nitrogens with one attached hydrogen (secondary N) is 1. The van der Waals surface area contributed by atoms with Crippen LogP contribution in [-0.2, 0) is 9.59 Å². The van der Waals surface area contributed by atoms with Crippen LogP contribution in [0.4, 0.5) is 10.1 Å². The van der Waals surface area contributed by atoms with E-state index in [1.54, 1.807) is 17.0 Å². The molecule has 0 bridgehead atoms. The molecule has 1 aliphatic heterocycles. The fourth-order valence-electron chi connectivity index (χ4n) is 3.56. The summed E-state index contributed by atoms with van der Waals surface area (Å²) in [5.74, 6) is -0.789. The highest BCUT2D eigenvalue weighted by Gasteiger charge is 2.35. The molecule has 1 heterocycles. The Bertz CT molecular complexity index is 850. The first kappa shape index (κ1) is 19.5. The first-order chi connectivity index (χ1) is 12.9. The van der Waals surface area contributed by atoms with Crippen molar-refractivity contribution in [1.29, 1.82) is 0 Å². The highest BCUT2D eigenvalue weighted by Crippen LogP contribution is 2.38. The van der Waals surface area contributed by atoms with Gasteiger partial charge in [-0.05, 0) is 48.7 Å². The highest BCUT2D eigenvalue weighted by atomic mass is 79.9. The molecule has 0 aromatic heterocycles. The number of nitrogens with zero attached hydrogens (tertiary/aromatic N) is 1. The summed E-state index contributed by atoms with van der Waals surface area (Å²) in [6.45, 7) is 3.91. The number of carbonyl (C=O) groups is 2. The molecule has 4 nitrogen and oxygen atoms in total. The molecule has 1 N–H and O–H groups in total. The van der Waals surface area contributed by atoms with E-state index in [1.807, 2.05) is 32.0 Å². The smallest absolute Gasteiger partial charge is 0.244 e. The van der Waals surface area contributed by atoms with Crippen molar-refractivity contribution < 1.29 is 14.0 Å². The summed E-state index contributed by atoms with van der Waals surface area (Å²) >= 11 is 3.48. The number of rotatable bonds is 4. The third-order valence-electron chi connectivity index (χ3n) is 5.01. The Morgan fingerprint density at radius 3 is 2.52 bits per heavy atom. The van der Waals surface area contributed by atoms with E-state index >= 15 is 0 Å². The van der Waals surface area contributed by atoms with Gasteiger partial charge in [0, 0.05) is 21.6 Å². The summed E-state index contributed by atoms with van der Waals surface area (Å²) in [6, 6.07) is 11.2. The second kappa shape index (κ2) is 8.21. The highest BCUT2D eigenvalue weighted by molar-refractivity contribution is 9.10. The lowest BCUT2D eigenvalue weighted by atomic mass is 9.93. The van der Waals surface area contributed by atoms with Crippen LogP contribution in [0.5, 0.6) is 0 Å². The summed E-state index contributed by atoms with van der Waals surface area (Å²) in [5.41, 5.74) is 2.24. The van der Waals surface area contributed by atoms with Crippen molar-refractivity contribution in [2.24, 2.45) is 5.92 Å². The molecule has 142 valence electrons. The minimum absolute atomic E-state index is 0.0380. The van der Waals surface area contributed by atoms with E-state index < -0.39 is 6.04 Å². The van der Waals surface area contributed by atoms with Crippen LogP contribution in [0.25, 0.3) is 0 Å². The lowest BCUT2D eigenvalue weighted by Gasteiger charge is -2.33. The molecular formula is C21H22BrFN2O2. The summed E-state index contributed by atoms with van der Waals surface area (Å²) in [6.07, 6.45) is 1.41. The lowest BCUT2D eigenvalue weighted by Crippen LogP contribution is -2.42. The van der Waals surface area contributed by atoms with Gasteiger partial charge in [0.25, 0.3) is 0 Å². The molecule has 2 amide bonds. The van der Waals surface area contributed by atoms with Crippen molar-refractivity contribution in [2.45, 2.75) is 32.7 Å². The number of benzene rings is 2. The van der Waals surface area contributed by atoms with E-state index in [-0.39, 0.29) is 30.1 Å². The summed E-state index contributed by atoms with van der Waals surface area (Å²) in [7, 11) is 0. The van der Waals surface area contributed by atoms with E-state index in [1.165, 1.54) is 12.1 Å². The molecule has 2 aromatic carbocycles. The zero-order valence-electron chi connectivity index (χ0n) is 15.3. The molecule has 1 aliphatic rings. The van der Waals surface area contributed by atoms with E-state index in [2.05, 4.69) is 21.2 Å². The van der Waals surface area contributed by atoms with Crippen LogP contribution in [0.3, 0.4) is 0 Å². The van der Waals surface area contributed by atoms with Crippen LogP contribution < -0.4 is 5.32 Å². The Labute approximate surface area is 166 Å². The quantitative estimate of drug-likeness (QED) is 0.746. The molecule has 0 radical (unpaired) electrons. The lowest BCUT2D eigenvalue weighted by molar-refractivity contribution is -0.140. The fourth-order valence-corrected chi connectivity index (χ4v) is 3.94. The largest absolute Gasteiger partial charge is 0.324 e. The van der Waals surface area contributed by atoms with Crippen LogP contribution >= 0.6 is 15.9 Å². The number of hydrogen-bond donors (Lipinski definition) is 1. The Morgan fingerprint density at radius 2 is 1.89 bits per heavy atom. The standard InChI is InChI=1S/C21H22BrFN2O2/c1-3-13(4-2)21(27)25-12-19(26)24-18-10-7-15(22)11-17(18)20(25)14-5-8-16(23)9-6-14/h5-11,13,20H,3-4,12H2,1-2H3,(H,24,26)/t20-/m0/s1. The van der Waals surface area contributed by atoms with Crippen LogP contribution in [0.1, 0.15) is 43.9 Å². The van der Waals surface area contributed by atoms with Gasteiger partial charge in [0.05, 0.1) is 6.04 Å². The minimum atomic E-state index is -0.467. The third kappa shape index (κ3) is 4.05. The maximum absolute atomic E-state index is 13.5. The molecule has 0 saturated carbocycles. The predicted molar refractivity (Wildman–Crippen MR) is 107 cm³/mol. The van der Waals surface area contributed by atoms with E-state index in [4.69, 9.17) is 0 Å². The molecule has 27 heavy (non-hydrogen) atoms. The minimum Gasteiger partial charge on any atom is -0.324 e. The number of amides is 2. The van der Waals surface area contributed by atoms with Gasteiger partial charge in [-0.2, -0.15) is 0 Å². The molecule has 6 heteroatoms. The van der Waals surface area contributed by atoms with Gasteiger partial charge in [-0.25, -0.2) is 4.39 Å². The molecule has 0 spiro atoms. The summed E-state index contributed by atoms with van der Waals surface area (Å²) < 4.78 is 14.3. The molecule has 0 unspecified atom stereocenters. The molecule has 0 saturated heterocycles. The van der Waals surface area contributed by atoms with Crippen molar-refractivity contribution in [2.75, 3.05) is 11.9 Å². The van der Waals surface area contributed by atoms with Gasteiger partial charge < -0.3 is 10.2 Å². The molecule has 3 rings (SSSR count). The van der Waals surface area contributed by atoms with Gasteiger partial charge in [0.1, 0.15) is 12.4 Å². The van der Waals surface area contributed by atoms with Gasteiger partial charge in [0.2, 0.25) is 11.8 Å². The fraction of sp³-hybridized carbons (Fsp3) is 0.333. The van der Waals surface area contributed by atoms with Gasteiger partial charge in [-0.1, -0.05) is 41.9 Å². The zero-order chi connectivity index (χ0) is 19.6. The third-order valence-corrected chi connectivity index (χ3v) is 5.50. The monoisotopic (exact) mass is 432 g/mol. The molecule has 1 atom stereocenters. The van der Waals surface area contributed by atoms with E-state index in [0.29, 0.717) is 18.5 Å². The Morgan fingerprint density at radius 1 is 1.22 bits per heavy atom. The molecule has 2 aromatic rings. The normalized spacial score (nSPS) is 16.7. The number of halogens is 2. The SMILES string of the molecule is CCC(CC)C(=O)N1CC(=O)Nc2ccc(Br)cc2[C@@H]1c1ccc(F)cc1. The van der Waals surface area contributed by atoms with Crippen molar-refractivity contribution in [3.8, 4) is 0 Å². The first-order valence-electron chi connectivity index (χ1n) is 9.09. The average Bonchev–Trinajstić information content (AvgIpc) is 2.79.